The molecule has 0 aliphatic rings. The Kier molecular flexibility index (Phi) is 7.56. The molecule has 21 heavy (non-hydrogen) atoms. The van der Waals surface area contributed by atoms with Crippen LogP contribution in [0.1, 0.15) is 23.7 Å². The average molecular weight is 331 g/mol. The second-order valence-corrected chi connectivity index (χ2v) is 6.24. The summed E-state index contributed by atoms with van der Waals surface area (Å²) in [7, 11) is 0. The van der Waals surface area contributed by atoms with E-state index in [1.807, 2.05) is 0 Å². The Hall–Kier alpha value is -1.24. The predicted molar refractivity (Wildman–Crippen MR) is 87.5 cm³/mol. The maximum Gasteiger partial charge on any atom is 0.335 e. The molecule has 1 amide bonds. The van der Waals surface area contributed by atoms with Crippen LogP contribution in [0.15, 0.2) is 18.2 Å². The molecule has 0 saturated heterocycles. The van der Waals surface area contributed by atoms with Gasteiger partial charge >= 0.3 is 5.97 Å². The molecule has 1 atom stereocenters. The van der Waals surface area contributed by atoms with Crippen LogP contribution in [-0.4, -0.2) is 41.6 Å². The Balaban J connectivity index is 2.47. The Morgan fingerprint density at radius 3 is 2.76 bits per heavy atom. The number of benzene rings is 1. The number of halogens is 1. The smallest absolute Gasteiger partial charge is 0.335 e. The van der Waals surface area contributed by atoms with Crippen LogP contribution in [0.25, 0.3) is 0 Å². The molecule has 3 N–H and O–H groups in total. The van der Waals surface area contributed by atoms with Crippen LogP contribution in [0.5, 0.6) is 0 Å². The number of anilines is 1. The van der Waals surface area contributed by atoms with Crippen LogP contribution >= 0.6 is 23.4 Å². The fourth-order valence-electron chi connectivity index (χ4n) is 1.57. The summed E-state index contributed by atoms with van der Waals surface area (Å²) in [6.45, 7) is 3.04. The molecule has 0 fully saturated rings. The van der Waals surface area contributed by atoms with Gasteiger partial charge in [-0.1, -0.05) is 18.5 Å². The quantitative estimate of drug-likeness (QED) is 0.639. The highest BCUT2D eigenvalue weighted by molar-refractivity contribution is 7.99. The number of hydrogen-bond acceptors (Lipinski definition) is 4. The summed E-state index contributed by atoms with van der Waals surface area (Å²) in [5.74, 6) is -1.32. The van der Waals surface area contributed by atoms with E-state index in [4.69, 9.17) is 16.7 Å². The van der Waals surface area contributed by atoms with Crippen molar-refractivity contribution in [3.63, 3.8) is 0 Å². The zero-order valence-corrected chi connectivity index (χ0v) is 13.6. The highest BCUT2D eigenvalue weighted by Crippen LogP contribution is 2.22. The molecule has 0 heterocycles. The number of nitrogens with one attached hydrogen (secondary N) is 2. The lowest BCUT2D eigenvalue weighted by Gasteiger charge is -2.10. The van der Waals surface area contributed by atoms with Gasteiger partial charge in [-0.3, -0.25) is 4.79 Å². The zero-order valence-electron chi connectivity index (χ0n) is 12.0. The minimum absolute atomic E-state index is 0.0801. The molecule has 0 saturated carbocycles. The number of amides is 1. The Labute approximate surface area is 133 Å². The maximum atomic E-state index is 11.8. The van der Waals surface area contributed by atoms with Gasteiger partial charge in [0.1, 0.15) is 0 Å². The Bertz CT molecular complexity index is 511. The standard InChI is InChI=1S/C14H19ClN2O3S/c1-9(21-2)5-6-16-8-13(18)17-12-7-10(14(19)20)3-4-11(12)15/h3-4,7,9,16H,5-6,8H2,1-2H3,(H,17,18)(H,19,20). The van der Waals surface area contributed by atoms with Gasteiger partial charge in [-0.2, -0.15) is 11.8 Å². The van der Waals surface area contributed by atoms with Crippen molar-refractivity contribution in [2.45, 2.75) is 18.6 Å². The normalized spacial score (nSPS) is 12.0. The second-order valence-electron chi connectivity index (χ2n) is 4.56. The van der Waals surface area contributed by atoms with Crippen LogP contribution in [0.2, 0.25) is 5.02 Å². The number of carboxylic acids is 1. The van der Waals surface area contributed by atoms with Crippen LogP contribution in [0.4, 0.5) is 5.69 Å². The number of carbonyl (C=O) groups excluding carboxylic acids is 1. The molecule has 1 rings (SSSR count). The first-order valence-electron chi connectivity index (χ1n) is 6.50. The third-order valence-corrected chi connectivity index (χ3v) is 4.27. The maximum absolute atomic E-state index is 11.8. The molecule has 0 radical (unpaired) electrons. The van der Waals surface area contributed by atoms with Gasteiger partial charge in [0.15, 0.2) is 0 Å². The SMILES string of the molecule is CSC(C)CCNCC(=O)Nc1cc(C(=O)O)ccc1Cl. The van der Waals surface area contributed by atoms with Gasteiger partial charge in [-0.15, -0.1) is 0 Å². The van der Waals surface area contributed by atoms with Crippen LogP contribution in [-0.2, 0) is 4.79 Å². The molecule has 1 aromatic carbocycles. The summed E-state index contributed by atoms with van der Waals surface area (Å²) in [5, 5.41) is 15.4. The van der Waals surface area contributed by atoms with Gasteiger partial charge in [0.2, 0.25) is 5.91 Å². The fourth-order valence-corrected chi connectivity index (χ4v) is 2.09. The third kappa shape index (κ3) is 6.37. The summed E-state index contributed by atoms with van der Waals surface area (Å²) in [5.41, 5.74) is 0.386. The minimum Gasteiger partial charge on any atom is -0.478 e. The van der Waals surface area contributed by atoms with Crippen molar-refractivity contribution >= 4 is 40.9 Å². The first kappa shape index (κ1) is 17.8. The van der Waals surface area contributed by atoms with E-state index in [9.17, 15) is 9.59 Å². The van der Waals surface area contributed by atoms with Gasteiger partial charge in [0.25, 0.3) is 0 Å². The van der Waals surface area contributed by atoms with E-state index in [-0.39, 0.29) is 18.0 Å². The van der Waals surface area contributed by atoms with E-state index in [0.29, 0.717) is 16.0 Å². The third-order valence-electron chi connectivity index (χ3n) is 2.90. The first-order chi connectivity index (χ1) is 9.93. The number of thioether (sulfide) groups is 1. The van der Waals surface area contributed by atoms with Gasteiger partial charge in [0, 0.05) is 5.25 Å². The van der Waals surface area contributed by atoms with E-state index in [0.717, 1.165) is 13.0 Å². The summed E-state index contributed by atoms with van der Waals surface area (Å²) < 4.78 is 0. The van der Waals surface area contributed by atoms with Crippen LogP contribution in [0.3, 0.4) is 0 Å². The van der Waals surface area contributed by atoms with E-state index in [2.05, 4.69) is 23.8 Å². The van der Waals surface area contributed by atoms with Crippen molar-refractivity contribution in [3.8, 4) is 0 Å². The lowest BCUT2D eigenvalue weighted by molar-refractivity contribution is -0.115. The number of rotatable bonds is 8. The predicted octanol–water partition coefficient (Wildman–Crippen LogP) is 2.71. The molecule has 7 heteroatoms. The highest BCUT2D eigenvalue weighted by Gasteiger charge is 2.10. The van der Waals surface area contributed by atoms with Gasteiger partial charge in [-0.25, -0.2) is 4.79 Å². The Morgan fingerprint density at radius 2 is 2.14 bits per heavy atom. The molecule has 1 unspecified atom stereocenters. The van der Waals surface area contributed by atoms with E-state index in [1.54, 1.807) is 11.8 Å². The molecule has 0 aromatic heterocycles. The topological polar surface area (TPSA) is 78.4 Å². The van der Waals surface area contributed by atoms with E-state index < -0.39 is 5.97 Å². The van der Waals surface area contributed by atoms with Crippen molar-refractivity contribution in [2.24, 2.45) is 0 Å². The van der Waals surface area contributed by atoms with Crippen molar-refractivity contribution < 1.29 is 14.7 Å². The molecule has 0 aliphatic carbocycles. The van der Waals surface area contributed by atoms with Crippen molar-refractivity contribution in [1.82, 2.24) is 5.32 Å². The zero-order chi connectivity index (χ0) is 15.8. The molecule has 0 spiro atoms. The Morgan fingerprint density at radius 1 is 1.43 bits per heavy atom. The van der Waals surface area contributed by atoms with E-state index >= 15 is 0 Å². The van der Waals surface area contributed by atoms with E-state index in [1.165, 1.54) is 18.2 Å². The number of hydrogen-bond donors (Lipinski definition) is 3. The second kappa shape index (κ2) is 8.92. The highest BCUT2D eigenvalue weighted by atomic mass is 35.5. The van der Waals surface area contributed by atoms with Crippen LogP contribution in [0, 0.1) is 0 Å². The summed E-state index contributed by atoms with van der Waals surface area (Å²) >= 11 is 7.71. The molecule has 0 aliphatic heterocycles. The molecule has 0 bridgehead atoms. The van der Waals surface area contributed by atoms with Gasteiger partial charge in [0.05, 0.1) is 22.8 Å². The largest absolute Gasteiger partial charge is 0.478 e. The summed E-state index contributed by atoms with van der Waals surface area (Å²) in [6.07, 6.45) is 3.03. The monoisotopic (exact) mass is 330 g/mol. The van der Waals surface area contributed by atoms with Crippen molar-refractivity contribution in [3.05, 3.63) is 28.8 Å². The lowest BCUT2D eigenvalue weighted by Crippen LogP contribution is -2.29. The number of carboxylic acid groups (broad SMARTS) is 1. The van der Waals surface area contributed by atoms with Crippen molar-refractivity contribution in [1.29, 1.82) is 0 Å². The van der Waals surface area contributed by atoms with Gasteiger partial charge < -0.3 is 15.7 Å². The number of aromatic carboxylic acids is 1. The molecule has 1 aromatic rings. The minimum atomic E-state index is -1.06. The van der Waals surface area contributed by atoms with Crippen molar-refractivity contribution in [2.75, 3.05) is 24.7 Å². The molecular formula is C14H19ClN2O3S. The average Bonchev–Trinajstić information content (AvgIpc) is 2.45. The molecule has 116 valence electrons. The fraction of sp³-hybridized carbons (Fsp3) is 0.429. The van der Waals surface area contributed by atoms with Gasteiger partial charge in [-0.05, 0) is 37.4 Å². The molecule has 5 nitrogen and oxygen atoms in total. The molecular weight excluding hydrogens is 312 g/mol. The summed E-state index contributed by atoms with van der Waals surface area (Å²) in [4.78, 5) is 22.7. The summed E-state index contributed by atoms with van der Waals surface area (Å²) in [6, 6.07) is 4.19. The number of carbonyl (C=O) groups is 2. The lowest BCUT2D eigenvalue weighted by atomic mass is 10.2. The van der Waals surface area contributed by atoms with Crippen LogP contribution < -0.4 is 10.6 Å². The first-order valence-corrected chi connectivity index (χ1v) is 8.16.